The van der Waals surface area contributed by atoms with Gasteiger partial charge in [0, 0.05) is 29.2 Å². The Kier molecular flexibility index (Phi) is 3.14. The summed E-state index contributed by atoms with van der Waals surface area (Å²) in [4.78, 5) is 4.16. The average molecular weight is 190 g/mol. The molecule has 0 radical (unpaired) electrons. The van der Waals surface area contributed by atoms with Crippen molar-refractivity contribution in [3.05, 3.63) is 10.8 Å². The molecule has 0 bridgehead atoms. The van der Waals surface area contributed by atoms with Crippen molar-refractivity contribution >= 4 is 22.3 Å². The summed E-state index contributed by atoms with van der Waals surface area (Å²) < 4.78 is 14.7. The molecule has 11 heavy (non-hydrogen) atoms. The number of aromatic nitrogens is 2. The second-order valence-electron chi connectivity index (χ2n) is 2.26. The first-order valence-corrected chi connectivity index (χ1v) is 5.78. The van der Waals surface area contributed by atoms with E-state index in [2.05, 4.69) is 9.36 Å². The van der Waals surface area contributed by atoms with Gasteiger partial charge in [-0.15, -0.1) is 0 Å². The Balaban J connectivity index is 2.45. The summed E-state index contributed by atoms with van der Waals surface area (Å²) in [5.41, 5.74) is 0. The highest BCUT2D eigenvalue weighted by molar-refractivity contribution is 7.84. The van der Waals surface area contributed by atoms with E-state index in [-0.39, 0.29) is 0 Å². The van der Waals surface area contributed by atoms with Crippen molar-refractivity contribution in [3.63, 3.8) is 0 Å². The first kappa shape index (κ1) is 8.80. The van der Waals surface area contributed by atoms with Crippen LogP contribution in [0.4, 0.5) is 0 Å². The maximum atomic E-state index is 10.7. The van der Waals surface area contributed by atoms with Gasteiger partial charge in [0.05, 0.1) is 0 Å². The fraction of sp³-hybridized carbons (Fsp3) is 0.667. The number of hydrogen-bond acceptors (Lipinski definition) is 4. The number of hydrogen-bond donors (Lipinski definition) is 0. The van der Waals surface area contributed by atoms with Crippen LogP contribution in [-0.4, -0.2) is 25.6 Å². The highest BCUT2D eigenvalue weighted by Gasteiger charge is 2.00. The molecule has 3 nitrogen and oxygen atoms in total. The van der Waals surface area contributed by atoms with Gasteiger partial charge in [-0.2, -0.15) is 4.37 Å². The molecule has 0 saturated carbocycles. The monoisotopic (exact) mass is 190 g/mol. The molecule has 1 aromatic rings. The van der Waals surface area contributed by atoms with Crippen molar-refractivity contribution < 1.29 is 4.21 Å². The molecule has 1 heterocycles. The Labute approximate surface area is 72.5 Å². The lowest BCUT2D eigenvalue weighted by Crippen LogP contribution is -1.97. The van der Waals surface area contributed by atoms with Crippen LogP contribution < -0.4 is 0 Å². The highest BCUT2D eigenvalue weighted by atomic mass is 32.2. The van der Waals surface area contributed by atoms with Crippen molar-refractivity contribution in [3.8, 4) is 0 Å². The summed E-state index contributed by atoms with van der Waals surface area (Å²) in [6.45, 7) is 1.86. The predicted molar refractivity (Wildman–Crippen MR) is 47.3 cm³/mol. The molecule has 1 rings (SSSR count). The molecular formula is C6H10N2OS2. The number of rotatable bonds is 3. The Hall–Kier alpha value is -0.290. The number of nitrogens with zero attached hydrogens (tertiary/aromatic N) is 2. The molecule has 1 atom stereocenters. The summed E-state index contributed by atoms with van der Waals surface area (Å²) in [7, 11) is -0.718. The van der Waals surface area contributed by atoms with Gasteiger partial charge in [0.15, 0.2) is 0 Å². The zero-order chi connectivity index (χ0) is 8.27. The standard InChI is InChI=1S/C6H10N2OS2/c1-5-7-6(10-8-5)3-4-11(2)9/h3-4H2,1-2H3. The molecule has 62 valence electrons. The minimum Gasteiger partial charge on any atom is -0.260 e. The summed E-state index contributed by atoms with van der Waals surface area (Å²) >= 11 is 1.40. The van der Waals surface area contributed by atoms with Crippen LogP contribution in [0.15, 0.2) is 0 Å². The Bertz CT molecular complexity index is 259. The molecule has 0 aliphatic rings. The largest absolute Gasteiger partial charge is 0.260 e. The molecule has 0 aromatic carbocycles. The topological polar surface area (TPSA) is 42.9 Å². The lowest BCUT2D eigenvalue weighted by Gasteiger charge is -1.89. The van der Waals surface area contributed by atoms with Crippen molar-refractivity contribution in [2.24, 2.45) is 0 Å². The van der Waals surface area contributed by atoms with Crippen LogP contribution in [0.1, 0.15) is 10.8 Å². The minimum absolute atomic E-state index is 0.689. The molecule has 1 unspecified atom stereocenters. The Morgan fingerprint density at radius 3 is 2.82 bits per heavy atom. The predicted octanol–water partition coefficient (Wildman–Crippen LogP) is 0.768. The summed E-state index contributed by atoms with van der Waals surface area (Å²) in [5, 5.41) is 0.984. The summed E-state index contributed by atoms with van der Waals surface area (Å²) in [6, 6.07) is 0. The first-order chi connectivity index (χ1) is 5.18. The normalized spacial score (nSPS) is 13.3. The van der Waals surface area contributed by atoms with E-state index in [4.69, 9.17) is 0 Å². The molecule has 0 aliphatic heterocycles. The first-order valence-electron chi connectivity index (χ1n) is 3.27. The van der Waals surface area contributed by atoms with Crippen LogP contribution in [0.3, 0.4) is 0 Å². The Morgan fingerprint density at radius 2 is 2.36 bits per heavy atom. The van der Waals surface area contributed by atoms with Gasteiger partial charge in [0.1, 0.15) is 10.8 Å². The van der Waals surface area contributed by atoms with E-state index in [9.17, 15) is 4.21 Å². The van der Waals surface area contributed by atoms with E-state index < -0.39 is 10.8 Å². The highest BCUT2D eigenvalue weighted by Crippen LogP contribution is 2.04. The van der Waals surface area contributed by atoms with E-state index in [0.29, 0.717) is 5.75 Å². The van der Waals surface area contributed by atoms with Gasteiger partial charge >= 0.3 is 0 Å². The van der Waals surface area contributed by atoms with Crippen molar-refractivity contribution in [1.29, 1.82) is 0 Å². The fourth-order valence-electron chi connectivity index (χ4n) is 0.673. The van der Waals surface area contributed by atoms with Gasteiger partial charge in [-0.05, 0) is 18.5 Å². The zero-order valence-electron chi connectivity index (χ0n) is 6.53. The zero-order valence-corrected chi connectivity index (χ0v) is 8.17. The molecular weight excluding hydrogens is 180 g/mol. The van der Waals surface area contributed by atoms with E-state index in [1.165, 1.54) is 11.5 Å². The maximum absolute atomic E-state index is 10.7. The fourth-order valence-corrected chi connectivity index (χ4v) is 1.93. The van der Waals surface area contributed by atoms with Crippen LogP contribution in [0, 0.1) is 6.92 Å². The van der Waals surface area contributed by atoms with E-state index >= 15 is 0 Å². The second kappa shape index (κ2) is 3.92. The summed E-state index contributed by atoms with van der Waals surface area (Å²) in [5.74, 6) is 1.50. The average Bonchev–Trinajstić information content (AvgIpc) is 2.31. The summed E-state index contributed by atoms with van der Waals surface area (Å²) in [6.07, 6.45) is 2.49. The molecule has 0 fully saturated rings. The lowest BCUT2D eigenvalue weighted by atomic mass is 10.5. The SMILES string of the molecule is Cc1nsc(CCS(C)=O)n1. The van der Waals surface area contributed by atoms with Crippen LogP contribution in [0.5, 0.6) is 0 Å². The van der Waals surface area contributed by atoms with Gasteiger partial charge in [-0.1, -0.05) is 0 Å². The second-order valence-corrected chi connectivity index (χ2v) is 4.65. The lowest BCUT2D eigenvalue weighted by molar-refractivity contribution is 0.686. The smallest absolute Gasteiger partial charge is 0.139 e. The van der Waals surface area contributed by atoms with Gasteiger partial charge in [-0.3, -0.25) is 4.21 Å². The van der Waals surface area contributed by atoms with Crippen LogP contribution in [0.2, 0.25) is 0 Å². The third-order valence-corrected chi connectivity index (χ3v) is 2.81. The molecule has 0 spiro atoms. The quantitative estimate of drug-likeness (QED) is 0.707. The molecule has 0 saturated heterocycles. The van der Waals surface area contributed by atoms with Gasteiger partial charge in [0.25, 0.3) is 0 Å². The van der Waals surface area contributed by atoms with Crippen LogP contribution >= 0.6 is 11.5 Å². The molecule has 0 amide bonds. The third-order valence-electron chi connectivity index (χ3n) is 1.17. The van der Waals surface area contributed by atoms with Crippen molar-refractivity contribution in [1.82, 2.24) is 9.36 Å². The van der Waals surface area contributed by atoms with Crippen molar-refractivity contribution in [2.75, 3.05) is 12.0 Å². The van der Waals surface area contributed by atoms with E-state index in [0.717, 1.165) is 17.3 Å². The third kappa shape index (κ3) is 3.07. The van der Waals surface area contributed by atoms with Crippen molar-refractivity contribution in [2.45, 2.75) is 13.3 Å². The minimum atomic E-state index is -0.718. The molecule has 1 aromatic heterocycles. The van der Waals surface area contributed by atoms with Crippen LogP contribution in [0.25, 0.3) is 0 Å². The Morgan fingerprint density at radius 1 is 1.64 bits per heavy atom. The van der Waals surface area contributed by atoms with Gasteiger partial charge in [0.2, 0.25) is 0 Å². The molecule has 0 aliphatic carbocycles. The maximum Gasteiger partial charge on any atom is 0.139 e. The molecule has 5 heteroatoms. The molecule has 0 N–H and O–H groups in total. The van der Waals surface area contributed by atoms with Gasteiger partial charge in [-0.25, -0.2) is 4.98 Å². The van der Waals surface area contributed by atoms with Gasteiger partial charge < -0.3 is 0 Å². The van der Waals surface area contributed by atoms with Crippen LogP contribution in [-0.2, 0) is 17.2 Å². The van der Waals surface area contributed by atoms with E-state index in [1.54, 1.807) is 6.26 Å². The van der Waals surface area contributed by atoms with E-state index in [1.807, 2.05) is 6.92 Å². The number of aryl methyl sites for hydroxylation is 2.